The molecule has 1 fully saturated rings. The van der Waals surface area contributed by atoms with Gasteiger partial charge in [-0.3, -0.25) is 19.3 Å². The molecule has 3 heterocycles. The Hall–Kier alpha value is -3.45. The van der Waals surface area contributed by atoms with E-state index in [2.05, 4.69) is 10.1 Å². The molecule has 7 nitrogen and oxygen atoms in total. The molecular formula is C23H21ClN4O3. The second kappa shape index (κ2) is 8.00. The van der Waals surface area contributed by atoms with Gasteiger partial charge in [-0.2, -0.15) is 5.10 Å². The first kappa shape index (κ1) is 20.8. The number of hydrogen-bond donors (Lipinski definition) is 1. The van der Waals surface area contributed by atoms with Gasteiger partial charge < -0.3 is 10.0 Å². The Labute approximate surface area is 184 Å². The molecule has 0 aliphatic carbocycles. The average Bonchev–Trinajstić information content (AvgIpc) is 3.14. The highest BCUT2D eigenvalue weighted by molar-refractivity contribution is 6.46. The van der Waals surface area contributed by atoms with Crippen molar-refractivity contribution < 1.29 is 14.7 Å². The Balaban J connectivity index is 1.92. The van der Waals surface area contributed by atoms with E-state index in [4.69, 9.17) is 11.6 Å². The van der Waals surface area contributed by atoms with Crippen LogP contribution in [0.1, 0.15) is 34.1 Å². The van der Waals surface area contributed by atoms with Crippen molar-refractivity contribution >= 4 is 29.1 Å². The lowest BCUT2D eigenvalue weighted by molar-refractivity contribution is -0.140. The summed E-state index contributed by atoms with van der Waals surface area (Å²) in [7, 11) is 1.76. The molecule has 0 bridgehead atoms. The van der Waals surface area contributed by atoms with Crippen LogP contribution in [0.2, 0.25) is 5.02 Å². The average molecular weight is 437 g/mol. The third-order valence-corrected chi connectivity index (χ3v) is 5.76. The summed E-state index contributed by atoms with van der Waals surface area (Å²) in [6, 6.07) is 9.76. The molecule has 1 saturated heterocycles. The minimum absolute atomic E-state index is 0.0235. The molecule has 1 aliphatic heterocycles. The number of hydrogen-bond acceptors (Lipinski definition) is 5. The predicted molar refractivity (Wildman–Crippen MR) is 116 cm³/mol. The number of pyridine rings is 1. The highest BCUT2D eigenvalue weighted by atomic mass is 35.5. The van der Waals surface area contributed by atoms with Crippen LogP contribution in [0, 0.1) is 13.8 Å². The number of rotatable bonds is 4. The minimum Gasteiger partial charge on any atom is -0.507 e. The maximum absolute atomic E-state index is 13.1. The molecule has 31 heavy (non-hydrogen) atoms. The fourth-order valence-corrected chi connectivity index (χ4v) is 4.20. The van der Waals surface area contributed by atoms with Gasteiger partial charge in [-0.25, -0.2) is 0 Å². The quantitative estimate of drug-likeness (QED) is 0.382. The first-order chi connectivity index (χ1) is 14.8. The SMILES string of the molecule is Cc1nn(C)c(C)c1/C(O)=C1\C(=O)C(=O)N(Cc2cccnc2)[C@@H]1c1cccc(Cl)c1. The maximum Gasteiger partial charge on any atom is 0.295 e. The summed E-state index contributed by atoms with van der Waals surface area (Å²) in [5.41, 5.74) is 3.14. The van der Waals surface area contributed by atoms with Gasteiger partial charge in [0.2, 0.25) is 0 Å². The van der Waals surface area contributed by atoms with Crippen molar-refractivity contribution in [2.75, 3.05) is 0 Å². The fourth-order valence-electron chi connectivity index (χ4n) is 4.01. The summed E-state index contributed by atoms with van der Waals surface area (Å²) in [5, 5.41) is 16.0. The number of aromatic nitrogens is 3. The van der Waals surface area contributed by atoms with E-state index in [0.29, 0.717) is 27.5 Å². The number of Topliss-reactive ketones (excluding diaryl/α,β-unsaturated/α-hetero) is 1. The van der Waals surface area contributed by atoms with Crippen molar-refractivity contribution in [3.8, 4) is 0 Å². The molecule has 1 aliphatic rings. The molecule has 0 saturated carbocycles. The van der Waals surface area contributed by atoms with E-state index in [1.165, 1.54) is 4.90 Å². The third kappa shape index (κ3) is 3.61. The summed E-state index contributed by atoms with van der Waals surface area (Å²) in [4.78, 5) is 31.7. The number of amides is 1. The van der Waals surface area contributed by atoms with E-state index < -0.39 is 17.7 Å². The topological polar surface area (TPSA) is 88.3 Å². The smallest absolute Gasteiger partial charge is 0.295 e. The van der Waals surface area contributed by atoms with E-state index in [0.717, 1.165) is 5.56 Å². The highest BCUT2D eigenvalue weighted by Gasteiger charge is 2.46. The Kier molecular flexibility index (Phi) is 5.37. The summed E-state index contributed by atoms with van der Waals surface area (Å²) in [6.07, 6.45) is 3.28. The first-order valence-corrected chi connectivity index (χ1v) is 10.1. The highest BCUT2D eigenvalue weighted by Crippen LogP contribution is 2.41. The molecule has 0 spiro atoms. The van der Waals surface area contributed by atoms with Crippen molar-refractivity contribution in [1.82, 2.24) is 19.7 Å². The molecule has 158 valence electrons. The molecule has 4 rings (SSSR count). The number of carbonyl (C=O) groups is 2. The monoisotopic (exact) mass is 436 g/mol. The molecule has 1 amide bonds. The predicted octanol–water partition coefficient (Wildman–Crippen LogP) is 3.71. The Morgan fingerprint density at radius 1 is 1.19 bits per heavy atom. The van der Waals surface area contributed by atoms with Crippen LogP contribution in [0.4, 0.5) is 0 Å². The van der Waals surface area contributed by atoms with Crippen LogP contribution in [0.15, 0.2) is 54.4 Å². The first-order valence-electron chi connectivity index (χ1n) is 9.73. The second-order valence-electron chi connectivity index (χ2n) is 7.51. The molecule has 0 radical (unpaired) electrons. The molecule has 8 heteroatoms. The number of halogens is 1. The zero-order chi connectivity index (χ0) is 22.3. The molecule has 0 unspecified atom stereocenters. The van der Waals surface area contributed by atoms with Crippen LogP contribution in [0.3, 0.4) is 0 Å². The van der Waals surface area contributed by atoms with Crippen molar-refractivity contribution in [3.63, 3.8) is 0 Å². The van der Waals surface area contributed by atoms with Gasteiger partial charge in [0, 0.05) is 36.7 Å². The summed E-state index contributed by atoms with van der Waals surface area (Å²) >= 11 is 6.21. The van der Waals surface area contributed by atoms with Gasteiger partial charge in [0.1, 0.15) is 5.76 Å². The zero-order valence-electron chi connectivity index (χ0n) is 17.3. The van der Waals surface area contributed by atoms with Crippen LogP contribution in [-0.2, 0) is 23.2 Å². The summed E-state index contributed by atoms with van der Waals surface area (Å²) in [5.74, 6) is -1.66. The lowest BCUT2D eigenvalue weighted by Crippen LogP contribution is -2.29. The number of likely N-dealkylation sites (tertiary alicyclic amines) is 1. The summed E-state index contributed by atoms with van der Waals surface area (Å²) < 4.78 is 1.63. The largest absolute Gasteiger partial charge is 0.507 e. The standard InChI is InChI=1S/C23H21ClN4O3/c1-13-18(14(2)27(3)26-13)21(29)19-20(16-7-4-8-17(24)10-16)28(23(31)22(19)30)12-15-6-5-9-25-11-15/h4-11,20,29H,12H2,1-3H3/b21-19+/t20-/m1/s1. The minimum atomic E-state index is -0.794. The number of aliphatic hydroxyl groups is 1. The van der Waals surface area contributed by atoms with Crippen LogP contribution in [-0.4, -0.2) is 36.5 Å². The van der Waals surface area contributed by atoms with E-state index in [1.54, 1.807) is 68.3 Å². The number of carbonyl (C=O) groups excluding carboxylic acids is 2. The van der Waals surface area contributed by atoms with Gasteiger partial charge in [0.15, 0.2) is 0 Å². The normalized spacial score (nSPS) is 18.1. The molecule has 1 aromatic carbocycles. The molecule has 1 N–H and O–H groups in total. The van der Waals surface area contributed by atoms with Crippen LogP contribution >= 0.6 is 11.6 Å². The van der Waals surface area contributed by atoms with Crippen LogP contribution in [0.25, 0.3) is 5.76 Å². The Morgan fingerprint density at radius 2 is 1.97 bits per heavy atom. The van der Waals surface area contributed by atoms with E-state index in [9.17, 15) is 14.7 Å². The van der Waals surface area contributed by atoms with Crippen molar-refractivity contribution in [2.24, 2.45) is 7.05 Å². The summed E-state index contributed by atoms with van der Waals surface area (Å²) in [6.45, 7) is 3.72. The van der Waals surface area contributed by atoms with Crippen LogP contribution in [0.5, 0.6) is 0 Å². The molecule has 2 aromatic heterocycles. The van der Waals surface area contributed by atoms with E-state index >= 15 is 0 Å². The third-order valence-electron chi connectivity index (χ3n) is 5.53. The fraction of sp³-hybridized carbons (Fsp3) is 0.217. The lowest BCUT2D eigenvalue weighted by Gasteiger charge is -2.25. The van der Waals surface area contributed by atoms with E-state index in [1.807, 2.05) is 6.07 Å². The molecule has 1 atom stereocenters. The van der Waals surface area contributed by atoms with Gasteiger partial charge in [-0.1, -0.05) is 29.8 Å². The van der Waals surface area contributed by atoms with Crippen LogP contribution < -0.4 is 0 Å². The van der Waals surface area contributed by atoms with Gasteiger partial charge >= 0.3 is 0 Å². The van der Waals surface area contributed by atoms with Crippen molar-refractivity contribution in [1.29, 1.82) is 0 Å². The number of nitrogens with zero attached hydrogens (tertiary/aromatic N) is 4. The number of aliphatic hydroxyl groups excluding tert-OH is 1. The van der Waals surface area contributed by atoms with Gasteiger partial charge in [0.05, 0.1) is 22.9 Å². The second-order valence-corrected chi connectivity index (χ2v) is 7.95. The van der Waals surface area contributed by atoms with Crippen molar-refractivity contribution in [3.05, 3.63) is 87.5 Å². The van der Waals surface area contributed by atoms with Gasteiger partial charge in [-0.15, -0.1) is 0 Å². The number of ketones is 1. The van der Waals surface area contributed by atoms with Gasteiger partial charge in [0.25, 0.3) is 11.7 Å². The zero-order valence-corrected chi connectivity index (χ0v) is 18.1. The lowest BCUT2D eigenvalue weighted by atomic mass is 9.94. The number of aryl methyl sites for hydroxylation is 2. The maximum atomic E-state index is 13.1. The Bertz CT molecular complexity index is 1220. The Morgan fingerprint density at radius 3 is 2.58 bits per heavy atom. The van der Waals surface area contributed by atoms with E-state index in [-0.39, 0.29) is 17.9 Å². The molecular weight excluding hydrogens is 416 g/mol. The molecule has 3 aromatic rings. The van der Waals surface area contributed by atoms with Gasteiger partial charge in [-0.05, 0) is 43.2 Å². The van der Waals surface area contributed by atoms with Crippen molar-refractivity contribution in [2.45, 2.75) is 26.4 Å². The number of benzene rings is 1.